The van der Waals surface area contributed by atoms with Crippen molar-refractivity contribution in [1.82, 2.24) is 0 Å². The van der Waals surface area contributed by atoms with E-state index in [-0.39, 0.29) is 0 Å². The Hall–Kier alpha value is -0.460. The summed E-state index contributed by atoms with van der Waals surface area (Å²) in [5.74, 6) is 0. The fourth-order valence-electron chi connectivity index (χ4n) is 3.49. The average molecular weight is 267 g/mol. The molecule has 0 unspecified atom stereocenters. The summed E-state index contributed by atoms with van der Waals surface area (Å²) in [7, 11) is 0. The second-order valence-corrected chi connectivity index (χ2v) is 6.20. The molecule has 2 heteroatoms. The van der Waals surface area contributed by atoms with E-state index in [0.717, 1.165) is 6.42 Å². The third-order valence-electron chi connectivity index (χ3n) is 4.54. The van der Waals surface area contributed by atoms with E-state index in [1.54, 1.807) is 0 Å². The van der Waals surface area contributed by atoms with Crippen LogP contribution in [0.1, 0.15) is 43.2 Å². The highest BCUT2D eigenvalue weighted by Crippen LogP contribution is 2.54. The predicted octanol–water partition coefficient (Wildman–Crippen LogP) is 5.51. The number of allylic oxidation sites excluding steroid dienone is 1. The van der Waals surface area contributed by atoms with Gasteiger partial charge in [0.1, 0.15) is 0 Å². The molecule has 90 valence electrons. The molecule has 0 aromatic heterocycles. The molecule has 1 fully saturated rings. The van der Waals surface area contributed by atoms with E-state index in [4.69, 9.17) is 23.2 Å². The van der Waals surface area contributed by atoms with Crippen molar-refractivity contribution in [3.8, 4) is 0 Å². The molecule has 17 heavy (non-hydrogen) atoms. The molecule has 1 saturated carbocycles. The van der Waals surface area contributed by atoms with Crippen LogP contribution >= 0.6 is 23.2 Å². The third-order valence-corrected chi connectivity index (χ3v) is 5.27. The van der Waals surface area contributed by atoms with Crippen molar-refractivity contribution in [3.63, 3.8) is 0 Å². The van der Waals surface area contributed by atoms with Gasteiger partial charge in [0.2, 0.25) is 0 Å². The lowest BCUT2D eigenvalue weighted by Crippen LogP contribution is -2.24. The third kappa shape index (κ3) is 1.73. The molecule has 0 N–H and O–H groups in total. The van der Waals surface area contributed by atoms with Crippen LogP contribution in [0.25, 0.3) is 5.57 Å². The van der Waals surface area contributed by atoms with Crippen molar-refractivity contribution >= 4 is 28.8 Å². The molecular weight excluding hydrogens is 251 g/mol. The molecule has 2 aliphatic rings. The van der Waals surface area contributed by atoms with E-state index in [1.807, 2.05) is 12.1 Å². The minimum Gasteiger partial charge on any atom is -0.0947 e. The molecule has 1 aromatic rings. The SMILES string of the molecule is C=C1c2cc(Cl)c(Cl)cc2CCC12CCCC2. The molecule has 1 spiro atoms. The molecule has 0 nitrogen and oxygen atoms in total. The molecule has 0 bridgehead atoms. The maximum absolute atomic E-state index is 6.13. The first-order valence-electron chi connectivity index (χ1n) is 6.30. The molecule has 0 aliphatic heterocycles. The molecule has 0 saturated heterocycles. The molecule has 1 aromatic carbocycles. The number of hydrogen-bond donors (Lipinski definition) is 0. The van der Waals surface area contributed by atoms with Gasteiger partial charge in [0.25, 0.3) is 0 Å². The number of benzene rings is 1. The highest BCUT2D eigenvalue weighted by Gasteiger charge is 2.40. The van der Waals surface area contributed by atoms with Crippen LogP contribution in [-0.2, 0) is 6.42 Å². The number of hydrogen-bond acceptors (Lipinski definition) is 0. The van der Waals surface area contributed by atoms with E-state index in [9.17, 15) is 0 Å². The zero-order valence-corrected chi connectivity index (χ0v) is 11.4. The maximum atomic E-state index is 6.13. The Labute approximate surface area is 113 Å². The van der Waals surface area contributed by atoms with E-state index >= 15 is 0 Å². The molecule has 0 radical (unpaired) electrons. The van der Waals surface area contributed by atoms with Crippen LogP contribution < -0.4 is 0 Å². The minimum atomic E-state index is 0.365. The first kappa shape index (κ1) is 11.6. The largest absolute Gasteiger partial charge is 0.0947 e. The number of rotatable bonds is 0. The van der Waals surface area contributed by atoms with Crippen LogP contribution in [0.3, 0.4) is 0 Å². The normalized spacial score (nSPS) is 21.9. The lowest BCUT2D eigenvalue weighted by atomic mass is 9.67. The van der Waals surface area contributed by atoms with Crippen molar-refractivity contribution in [2.24, 2.45) is 5.41 Å². The quantitative estimate of drug-likeness (QED) is 0.581. The Morgan fingerprint density at radius 3 is 2.35 bits per heavy atom. The summed E-state index contributed by atoms with van der Waals surface area (Å²) in [4.78, 5) is 0. The van der Waals surface area contributed by atoms with E-state index < -0.39 is 0 Å². The summed E-state index contributed by atoms with van der Waals surface area (Å²) in [6, 6.07) is 4.03. The fraction of sp³-hybridized carbons (Fsp3) is 0.467. The Morgan fingerprint density at radius 2 is 1.65 bits per heavy atom. The average Bonchev–Trinajstić information content (AvgIpc) is 2.77. The van der Waals surface area contributed by atoms with Crippen LogP contribution in [0, 0.1) is 5.41 Å². The fourth-order valence-corrected chi connectivity index (χ4v) is 3.84. The van der Waals surface area contributed by atoms with Crippen LogP contribution in [0.4, 0.5) is 0 Å². The summed E-state index contributed by atoms with van der Waals surface area (Å²) < 4.78 is 0. The van der Waals surface area contributed by atoms with Gasteiger partial charge in [0.05, 0.1) is 10.0 Å². The van der Waals surface area contributed by atoms with Gasteiger partial charge >= 0.3 is 0 Å². The van der Waals surface area contributed by atoms with Gasteiger partial charge < -0.3 is 0 Å². The van der Waals surface area contributed by atoms with Gasteiger partial charge in [-0.2, -0.15) is 0 Å². The van der Waals surface area contributed by atoms with Gasteiger partial charge in [0, 0.05) is 0 Å². The first-order chi connectivity index (χ1) is 8.12. The minimum absolute atomic E-state index is 0.365. The second kappa shape index (κ2) is 4.03. The molecule has 0 atom stereocenters. The van der Waals surface area contributed by atoms with Crippen molar-refractivity contribution in [3.05, 3.63) is 39.9 Å². The molecule has 0 amide bonds. The van der Waals surface area contributed by atoms with E-state index in [2.05, 4.69) is 6.58 Å². The molecular formula is C15H16Cl2. The Kier molecular flexibility index (Phi) is 2.76. The van der Waals surface area contributed by atoms with Gasteiger partial charge in [0.15, 0.2) is 0 Å². The van der Waals surface area contributed by atoms with Gasteiger partial charge in [-0.05, 0) is 59.9 Å². The van der Waals surface area contributed by atoms with Crippen LogP contribution in [0.2, 0.25) is 10.0 Å². The Balaban J connectivity index is 2.08. The Bertz CT molecular complexity index is 482. The smallest absolute Gasteiger partial charge is 0.0598 e. The lowest BCUT2D eigenvalue weighted by molar-refractivity contribution is 0.371. The summed E-state index contributed by atoms with van der Waals surface area (Å²) in [5.41, 5.74) is 4.24. The summed E-state index contributed by atoms with van der Waals surface area (Å²) in [6.45, 7) is 4.36. The highest BCUT2D eigenvalue weighted by molar-refractivity contribution is 6.42. The summed E-state index contributed by atoms with van der Waals surface area (Å²) in [5, 5.41) is 1.32. The van der Waals surface area contributed by atoms with Gasteiger partial charge in [-0.15, -0.1) is 0 Å². The van der Waals surface area contributed by atoms with Crippen molar-refractivity contribution < 1.29 is 0 Å². The van der Waals surface area contributed by atoms with E-state index in [1.165, 1.54) is 48.8 Å². The van der Waals surface area contributed by atoms with Crippen LogP contribution in [-0.4, -0.2) is 0 Å². The first-order valence-corrected chi connectivity index (χ1v) is 7.06. The van der Waals surface area contributed by atoms with Gasteiger partial charge in [-0.3, -0.25) is 0 Å². The maximum Gasteiger partial charge on any atom is 0.0598 e. The van der Waals surface area contributed by atoms with Gasteiger partial charge in [-0.25, -0.2) is 0 Å². The zero-order chi connectivity index (χ0) is 12.0. The van der Waals surface area contributed by atoms with Gasteiger partial charge in [-0.1, -0.05) is 42.6 Å². The monoisotopic (exact) mass is 266 g/mol. The van der Waals surface area contributed by atoms with E-state index in [0.29, 0.717) is 15.5 Å². The Morgan fingerprint density at radius 1 is 1.00 bits per heavy atom. The van der Waals surface area contributed by atoms with Crippen molar-refractivity contribution in [1.29, 1.82) is 0 Å². The number of halogens is 2. The summed E-state index contributed by atoms with van der Waals surface area (Å²) >= 11 is 12.2. The van der Waals surface area contributed by atoms with Crippen molar-refractivity contribution in [2.75, 3.05) is 0 Å². The topological polar surface area (TPSA) is 0 Å². The summed E-state index contributed by atoms with van der Waals surface area (Å²) in [6.07, 6.45) is 7.63. The standard InChI is InChI=1S/C15H16Cl2/c1-10-12-9-14(17)13(16)8-11(12)4-7-15(10)5-2-3-6-15/h8-9H,1-7H2. The molecule has 3 rings (SSSR count). The second-order valence-electron chi connectivity index (χ2n) is 5.39. The number of fused-ring (bicyclic) bond motifs is 1. The van der Waals surface area contributed by atoms with Crippen LogP contribution in [0.5, 0.6) is 0 Å². The molecule has 0 heterocycles. The molecule has 2 aliphatic carbocycles. The number of aryl methyl sites for hydroxylation is 1. The highest BCUT2D eigenvalue weighted by atomic mass is 35.5. The lowest BCUT2D eigenvalue weighted by Gasteiger charge is -2.37. The van der Waals surface area contributed by atoms with Crippen LogP contribution in [0.15, 0.2) is 18.7 Å². The zero-order valence-electron chi connectivity index (χ0n) is 9.86. The predicted molar refractivity (Wildman–Crippen MR) is 74.7 cm³/mol. The van der Waals surface area contributed by atoms with Crippen molar-refractivity contribution in [2.45, 2.75) is 38.5 Å².